The third-order valence-electron chi connectivity index (χ3n) is 2.70. The first-order chi connectivity index (χ1) is 9.40. The standard InChI is InChI=1S/C14H8Cl4O2/c15-7-1-3-9(11(17)5-7)13(19)14(20)10-4-2-8(16)6-12(10)18/h1-6,13,19H/t13-/m1/s1. The van der Waals surface area contributed by atoms with Crippen LogP contribution >= 0.6 is 46.4 Å². The van der Waals surface area contributed by atoms with Crippen molar-refractivity contribution >= 4 is 52.2 Å². The van der Waals surface area contributed by atoms with E-state index < -0.39 is 11.9 Å². The van der Waals surface area contributed by atoms with E-state index >= 15 is 0 Å². The third-order valence-corrected chi connectivity index (χ3v) is 3.81. The Labute approximate surface area is 135 Å². The Morgan fingerprint density at radius 1 is 0.900 bits per heavy atom. The smallest absolute Gasteiger partial charge is 0.197 e. The van der Waals surface area contributed by atoms with Gasteiger partial charge in [0.25, 0.3) is 0 Å². The number of ketones is 1. The summed E-state index contributed by atoms with van der Waals surface area (Å²) in [5.41, 5.74) is 0.446. The first-order valence-corrected chi connectivity index (χ1v) is 7.03. The number of hydrogen-bond donors (Lipinski definition) is 1. The number of aliphatic hydroxyl groups is 1. The molecule has 0 bridgehead atoms. The lowest BCUT2D eigenvalue weighted by Gasteiger charge is -2.13. The Kier molecular flexibility index (Phi) is 4.95. The highest BCUT2D eigenvalue weighted by Gasteiger charge is 2.23. The monoisotopic (exact) mass is 348 g/mol. The van der Waals surface area contributed by atoms with E-state index in [1.807, 2.05) is 0 Å². The maximum absolute atomic E-state index is 12.2. The van der Waals surface area contributed by atoms with Crippen LogP contribution in [0.3, 0.4) is 0 Å². The molecule has 0 fully saturated rings. The summed E-state index contributed by atoms with van der Waals surface area (Å²) in [5.74, 6) is -0.559. The molecule has 20 heavy (non-hydrogen) atoms. The van der Waals surface area contributed by atoms with E-state index in [0.29, 0.717) is 10.0 Å². The highest BCUT2D eigenvalue weighted by Crippen LogP contribution is 2.30. The van der Waals surface area contributed by atoms with Gasteiger partial charge in [-0.1, -0.05) is 52.5 Å². The summed E-state index contributed by atoms with van der Waals surface area (Å²) in [4.78, 5) is 12.2. The zero-order valence-electron chi connectivity index (χ0n) is 9.91. The normalized spacial score (nSPS) is 12.2. The summed E-state index contributed by atoms with van der Waals surface area (Å²) >= 11 is 23.5. The van der Waals surface area contributed by atoms with Crippen molar-refractivity contribution in [1.82, 2.24) is 0 Å². The average Bonchev–Trinajstić information content (AvgIpc) is 2.37. The van der Waals surface area contributed by atoms with E-state index in [1.54, 1.807) is 6.07 Å². The molecule has 0 aromatic heterocycles. The van der Waals surface area contributed by atoms with E-state index in [9.17, 15) is 9.90 Å². The van der Waals surface area contributed by atoms with Crippen molar-refractivity contribution in [1.29, 1.82) is 0 Å². The van der Waals surface area contributed by atoms with Gasteiger partial charge in [-0.25, -0.2) is 0 Å². The highest BCUT2D eigenvalue weighted by molar-refractivity contribution is 6.37. The molecule has 0 radical (unpaired) electrons. The molecule has 104 valence electrons. The number of carbonyl (C=O) groups excluding carboxylic acids is 1. The van der Waals surface area contributed by atoms with Crippen LogP contribution in [0.25, 0.3) is 0 Å². The number of Topliss-reactive ketones (excluding diaryl/α,β-unsaturated/α-hetero) is 1. The molecular formula is C14H8Cl4O2. The topological polar surface area (TPSA) is 37.3 Å². The Bertz CT molecular complexity index is 670. The molecule has 0 saturated heterocycles. The van der Waals surface area contributed by atoms with Crippen molar-refractivity contribution in [2.45, 2.75) is 6.10 Å². The van der Waals surface area contributed by atoms with Crippen molar-refractivity contribution in [3.63, 3.8) is 0 Å². The van der Waals surface area contributed by atoms with E-state index in [2.05, 4.69) is 0 Å². The van der Waals surface area contributed by atoms with Crippen molar-refractivity contribution in [3.8, 4) is 0 Å². The average molecular weight is 350 g/mol. The lowest BCUT2D eigenvalue weighted by molar-refractivity contribution is 0.0748. The van der Waals surface area contributed by atoms with Gasteiger partial charge in [0, 0.05) is 26.2 Å². The SMILES string of the molecule is O=C(c1ccc(Cl)cc1Cl)[C@H](O)c1ccc(Cl)cc1Cl. The fraction of sp³-hybridized carbons (Fsp3) is 0.0714. The summed E-state index contributed by atoms with van der Waals surface area (Å²) < 4.78 is 0. The number of halogens is 4. The van der Waals surface area contributed by atoms with Gasteiger partial charge < -0.3 is 5.11 Å². The van der Waals surface area contributed by atoms with Crippen LogP contribution in [0.2, 0.25) is 20.1 Å². The van der Waals surface area contributed by atoms with Crippen LogP contribution in [-0.2, 0) is 0 Å². The lowest BCUT2D eigenvalue weighted by atomic mass is 10.00. The quantitative estimate of drug-likeness (QED) is 0.771. The predicted octanol–water partition coefficient (Wildman–Crippen LogP) is 5.22. The number of hydrogen-bond acceptors (Lipinski definition) is 2. The molecule has 0 amide bonds. The minimum atomic E-state index is -1.42. The fourth-order valence-corrected chi connectivity index (χ4v) is 2.71. The van der Waals surface area contributed by atoms with Crippen molar-refractivity contribution in [3.05, 3.63) is 67.6 Å². The van der Waals surface area contributed by atoms with Crippen LogP contribution < -0.4 is 0 Å². The van der Waals surface area contributed by atoms with Gasteiger partial charge in [-0.3, -0.25) is 4.79 Å². The van der Waals surface area contributed by atoms with Gasteiger partial charge in [0.15, 0.2) is 5.78 Å². The van der Waals surface area contributed by atoms with Crippen molar-refractivity contribution in [2.75, 3.05) is 0 Å². The zero-order chi connectivity index (χ0) is 14.9. The second kappa shape index (κ2) is 6.33. The van der Waals surface area contributed by atoms with Crippen LogP contribution in [0, 0.1) is 0 Å². The molecule has 0 aliphatic rings. The molecule has 1 N–H and O–H groups in total. The molecule has 6 heteroatoms. The van der Waals surface area contributed by atoms with Gasteiger partial charge in [-0.15, -0.1) is 0 Å². The summed E-state index contributed by atoms with van der Waals surface area (Å²) in [7, 11) is 0. The van der Waals surface area contributed by atoms with E-state index in [0.717, 1.165) is 0 Å². The van der Waals surface area contributed by atoms with Gasteiger partial charge in [0.1, 0.15) is 6.10 Å². The Balaban J connectivity index is 2.37. The van der Waals surface area contributed by atoms with Gasteiger partial charge in [0.2, 0.25) is 0 Å². The van der Waals surface area contributed by atoms with Crippen LogP contribution in [-0.4, -0.2) is 10.9 Å². The van der Waals surface area contributed by atoms with Gasteiger partial charge >= 0.3 is 0 Å². The first kappa shape index (κ1) is 15.6. The summed E-state index contributed by atoms with van der Waals surface area (Å²) in [6.45, 7) is 0. The van der Waals surface area contributed by atoms with Gasteiger partial charge in [0.05, 0.1) is 5.02 Å². The number of carbonyl (C=O) groups is 1. The molecule has 1 atom stereocenters. The Morgan fingerprint density at radius 2 is 1.45 bits per heavy atom. The molecule has 0 unspecified atom stereocenters. The lowest BCUT2D eigenvalue weighted by Crippen LogP contribution is -2.13. The minimum Gasteiger partial charge on any atom is -0.380 e. The summed E-state index contributed by atoms with van der Waals surface area (Å²) in [6, 6.07) is 8.92. The van der Waals surface area contributed by atoms with Crippen LogP contribution in [0.4, 0.5) is 0 Å². The third kappa shape index (κ3) is 3.27. The molecular weight excluding hydrogens is 342 g/mol. The maximum Gasteiger partial charge on any atom is 0.197 e. The minimum absolute atomic E-state index is 0.173. The predicted molar refractivity (Wildman–Crippen MR) is 82.2 cm³/mol. The molecule has 2 aromatic carbocycles. The van der Waals surface area contributed by atoms with E-state index in [1.165, 1.54) is 30.3 Å². The second-order valence-electron chi connectivity index (χ2n) is 4.06. The number of rotatable bonds is 3. The van der Waals surface area contributed by atoms with Crippen LogP contribution in [0.5, 0.6) is 0 Å². The Hall–Kier alpha value is -0.770. The first-order valence-electron chi connectivity index (χ1n) is 5.52. The highest BCUT2D eigenvalue weighted by atomic mass is 35.5. The fourth-order valence-electron chi connectivity index (χ4n) is 1.70. The molecule has 0 saturated carbocycles. The number of aliphatic hydroxyl groups excluding tert-OH is 1. The summed E-state index contributed by atoms with van der Waals surface area (Å²) in [5, 5.41) is 11.4. The van der Waals surface area contributed by atoms with Gasteiger partial charge in [-0.05, 0) is 30.3 Å². The molecule has 2 rings (SSSR count). The second-order valence-corrected chi connectivity index (χ2v) is 5.74. The van der Waals surface area contributed by atoms with E-state index in [-0.39, 0.29) is 21.2 Å². The van der Waals surface area contributed by atoms with Crippen LogP contribution in [0.15, 0.2) is 36.4 Å². The molecule has 0 aliphatic carbocycles. The zero-order valence-corrected chi connectivity index (χ0v) is 12.9. The molecule has 0 aliphatic heterocycles. The molecule has 2 aromatic rings. The van der Waals surface area contributed by atoms with E-state index in [4.69, 9.17) is 46.4 Å². The largest absolute Gasteiger partial charge is 0.380 e. The van der Waals surface area contributed by atoms with Gasteiger partial charge in [-0.2, -0.15) is 0 Å². The summed E-state index contributed by atoms with van der Waals surface area (Å²) in [6.07, 6.45) is -1.42. The van der Waals surface area contributed by atoms with Crippen LogP contribution in [0.1, 0.15) is 22.0 Å². The Morgan fingerprint density at radius 3 is 2.00 bits per heavy atom. The number of benzene rings is 2. The molecule has 0 spiro atoms. The van der Waals surface area contributed by atoms with Crippen molar-refractivity contribution in [2.24, 2.45) is 0 Å². The molecule has 2 nitrogen and oxygen atoms in total. The molecule has 0 heterocycles. The maximum atomic E-state index is 12.2. The van der Waals surface area contributed by atoms with Crippen molar-refractivity contribution < 1.29 is 9.90 Å².